The molecule has 3 aliphatic rings. The zero-order chi connectivity index (χ0) is 18.0. The Labute approximate surface area is 137 Å². The number of hydrogen-bond donors (Lipinski definition) is 1. The second-order valence-corrected chi connectivity index (χ2v) is 7.48. The van der Waals surface area contributed by atoms with Crippen LogP contribution < -0.4 is 0 Å². The molecule has 0 aromatic rings. The van der Waals surface area contributed by atoms with Crippen LogP contribution in [0.15, 0.2) is 0 Å². The summed E-state index contributed by atoms with van der Waals surface area (Å²) in [5, 5.41) is 8.84. The van der Waals surface area contributed by atoms with Crippen LogP contribution in [0.1, 0.15) is 33.6 Å². The first-order valence-corrected chi connectivity index (χ1v) is 8.05. The molecule has 3 rings (SSSR count). The van der Waals surface area contributed by atoms with E-state index >= 15 is 0 Å². The van der Waals surface area contributed by atoms with E-state index in [1.807, 2.05) is 0 Å². The van der Waals surface area contributed by atoms with Crippen molar-refractivity contribution >= 4 is 17.9 Å². The van der Waals surface area contributed by atoms with Gasteiger partial charge in [-0.25, -0.2) is 4.79 Å². The standard InChI is InChI=1S/C16H20F2O6/c1-6(2)15(3,16(17,18)14(21)22)24-13(20)10-7-4-8-9(5-7)23-12(19)11(8)10/h6-11H,4-5H2,1-3H3,(H,21,22). The minimum absolute atomic E-state index is 0.0645. The summed E-state index contributed by atoms with van der Waals surface area (Å²) in [5.74, 6) is -10.6. The number of fused-ring (bicyclic) bond motifs is 1. The summed E-state index contributed by atoms with van der Waals surface area (Å²) in [6.07, 6.45) is 0.975. The average Bonchev–Trinajstić information content (AvgIpc) is 3.07. The minimum Gasteiger partial charge on any atom is -0.477 e. The second-order valence-electron chi connectivity index (χ2n) is 7.48. The molecule has 24 heavy (non-hydrogen) atoms. The number of halogens is 2. The van der Waals surface area contributed by atoms with Crippen LogP contribution in [0, 0.1) is 29.6 Å². The molecule has 0 aromatic heterocycles. The van der Waals surface area contributed by atoms with Crippen LogP contribution in [0.25, 0.3) is 0 Å². The van der Waals surface area contributed by atoms with Gasteiger partial charge in [-0.1, -0.05) is 13.8 Å². The molecule has 2 aliphatic carbocycles. The molecule has 1 heterocycles. The van der Waals surface area contributed by atoms with Gasteiger partial charge in [-0.05, 0) is 31.6 Å². The highest BCUT2D eigenvalue weighted by atomic mass is 19.3. The van der Waals surface area contributed by atoms with Gasteiger partial charge in [0.15, 0.2) is 5.60 Å². The Hall–Kier alpha value is -1.73. The molecule has 8 heteroatoms. The zero-order valence-corrected chi connectivity index (χ0v) is 13.6. The van der Waals surface area contributed by atoms with Gasteiger partial charge in [-0.15, -0.1) is 0 Å². The molecule has 1 N–H and O–H groups in total. The molecule has 6 unspecified atom stereocenters. The third kappa shape index (κ3) is 2.07. The Morgan fingerprint density at radius 1 is 1.33 bits per heavy atom. The summed E-state index contributed by atoms with van der Waals surface area (Å²) >= 11 is 0. The Kier molecular flexibility index (Phi) is 3.66. The topological polar surface area (TPSA) is 89.9 Å². The maximum absolute atomic E-state index is 14.2. The highest BCUT2D eigenvalue weighted by Crippen LogP contribution is 2.58. The highest BCUT2D eigenvalue weighted by Gasteiger charge is 2.67. The van der Waals surface area contributed by atoms with Gasteiger partial charge in [0, 0.05) is 5.92 Å². The largest absolute Gasteiger partial charge is 0.477 e. The van der Waals surface area contributed by atoms with E-state index in [1.165, 1.54) is 13.8 Å². The molecule has 6 atom stereocenters. The van der Waals surface area contributed by atoms with Gasteiger partial charge in [0.1, 0.15) is 6.10 Å². The van der Waals surface area contributed by atoms with Gasteiger partial charge < -0.3 is 14.6 Å². The van der Waals surface area contributed by atoms with E-state index in [9.17, 15) is 23.2 Å². The van der Waals surface area contributed by atoms with E-state index in [-0.39, 0.29) is 17.9 Å². The third-order valence-electron chi connectivity index (χ3n) is 6.06. The molecule has 0 aromatic carbocycles. The van der Waals surface area contributed by atoms with Crippen molar-refractivity contribution in [3.05, 3.63) is 0 Å². The van der Waals surface area contributed by atoms with Crippen molar-refractivity contribution in [2.24, 2.45) is 29.6 Å². The maximum atomic E-state index is 14.2. The Balaban J connectivity index is 1.85. The molecule has 0 spiro atoms. The fourth-order valence-corrected chi connectivity index (χ4v) is 4.36. The number of hydrogen-bond acceptors (Lipinski definition) is 5. The third-order valence-corrected chi connectivity index (χ3v) is 6.06. The summed E-state index contributed by atoms with van der Waals surface area (Å²) in [5.41, 5.74) is -2.50. The Morgan fingerprint density at radius 2 is 1.96 bits per heavy atom. The van der Waals surface area contributed by atoms with Gasteiger partial charge in [-0.3, -0.25) is 9.59 Å². The lowest BCUT2D eigenvalue weighted by molar-refractivity contribution is -0.232. The predicted octanol–water partition coefficient (Wildman–Crippen LogP) is 1.86. The summed E-state index contributed by atoms with van der Waals surface area (Å²) in [4.78, 5) is 35.5. The molecule has 6 nitrogen and oxygen atoms in total. The Morgan fingerprint density at radius 3 is 2.50 bits per heavy atom. The van der Waals surface area contributed by atoms with Gasteiger partial charge >= 0.3 is 23.8 Å². The first-order valence-electron chi connectivity index (χ1n) is 8.05. The van der Waals surface area contributed by atoms with Gasteiger partial charge in [0.25, 0.3) is 0 Å². The van der Waals surface area contributed by atoms with Crippen LogP contribution in [0.5, 0.6) is 0 Å². The molecule has 3 fully saturated rings. The highest BCUT2D eigenvalue weighted by molar-refractivity contribution is 5.86. The normalized spacial score (nSPS) is 36.6. The molecule has 0 amide bonds. The van der Waals surface area contributed by atoms with Crippen molar-refractivity contribution < 1.29 is 37.7 Å². The van der Waals surface area contributed by atoms with Crippen LogP contribution in [0.3, 0.4) is 0 Å². The van der Waals surface area contributed by atoms with E-state index < -0.39 is 47.2 Å². The van der Waals surface area contributed by atoms with Crippen molar-refractivity contribution in [2.75, 3.05) is 0 Å². The number of carboxylic acid groups (broad SMARTS) is 1. The summed E-state index contributed by atoms with van der Waals surface area (Å²) in [7, 11) is 0. The summed E-state index contributed by atoms with van der Waals surface area (Å²) < 4.78 is 38.7. The van der Waals surface area contributed by atoms with E-state index in [1.54, 1.807) is 0 Å². The number of alkyl halides is 2. The number of rotatable bonds is 5. The molecule has 1 aliphatic heterocycles. The number of ether oxygens (including phenoxy) is 2. The van der Waals surface area contributed by atoms with Crippen molar-refractivity contribution in [1.82, 2.24) is 0 Å². The quantitative estimate of drug-likeness (QED) is 0.764. The number of esters is 2. The minimum atomic E-state index is -4.24. The predicted molar refractivity (Wildman–Crippen MR) is 75.0 cm³/mol. The van der Waals surface area contributed by atoms with Crippen molar-refractivity contribution in [2.45, 2.75) is 51.2 Å². The molecular formula is C16H20F2O6. The van der Waals surface area contributed by atoms with E-state index in [0.717, 1.165) is 6.92 Å². The number of carboxylic acids is 1. The van der Waals surface area contributed by atoms with E-state index in [0.29, 0.717) is 12.8 Å². The molecule has 2 saturated carbocycles. The molecule has 134 valence electrons. The van der Waals surface area contributed by atoms with Crippen molar-refractivity contribution in [3.8, 4) is 0 Å². The number of carbonyl (C=O) groups excluding carboxylic acids is 2. The average molecular weight is 346 g/mol. The Bertz CT molecular complexity index is 601. The molecule has 2 bridgehead atoms. The van der Waals surface area contributed by atoms with E-state index in [4.69, 9.17) is 14.6 Å². The SMILES string of the molecule is CC(C)C(C)(OC(=O)C1C2CC3OC(=O)C1C3C2)C(F)(F)C(=O)O. The van der Waals surface area contributed by atoms with Crippen LogP contribution in [-0.4, -0.2) is 40.6 Å². The van der Waals surface area contributed by atoms with Gasteiger partial charge in [0.05, 0.1) is 11.8 Å². The smallest absolute Gasteiger partial charge is 0.381 e. The van der Waals surface area contributed by atoms with E-state index in [2.05, 4.69) is 0 Å². The first-order chi connectivity index (χ1) is 11.0. The first kappa shape index (κ1) is 17.1. The lowest BCUT2D eigenvalue weighted by Crippen LogP contribution is -2.58. The molecule has 1 saturated heterocycles. The van der Waals surface area contributed by atoms with Gasteiger partial charge in [0.2, 0.25) is 0 Å². The lowest BCUT2D eigenvalue weighted by Gasteiger charge is -2.39. The van der Waals surface area contributed by atoms with Crippen LogP contribution in [0.2, 0.25) is 0 Å². The summed E-state index contributed by atoms with van der Waals surface area (Å²) in [6.45, 7) is 3.66. The van der Waals surface area contributed by atoms with Crippen LogP contribution in [-0.2, 0) is 23.9 Å². The fraction of sp³-hybridized carbons (Fsp3) is 0.812. The zero-order valence-electron chi connectivity index (χ0n) is 13.6. The second kappa shape index (κ2) is 5.13. The van der Waals surface area contributed by atoms with Gasteiger partial charge in [-0.2, -0.15) is 8.78 Å². The monoisotopic (exact) mass is 346 g/mol. The summed E-state index contributed by atoms with van der Waals surface area (Å²) in [6, 6.07) is 0. The van der Waals surface area contributed by atoms with Crippen LogP contribution >= 0.6 is 0 Å². The van der Waals surface area contributed by atoms with Crippen molar-refractivity contribution in [3.63, 3.8) is 0 Å². The lowest BCUT2D eigenvalue weighted by atomic mass is 9.79. The number of aliphatic carboxylic acids is 1. The van der Waals surface area contributed by atoms with Crippen molar-refractivity contribution in [1.29, 1.82) is 0 Å². The fourth-order valence-electron chi connectivity index (χ4n) is 4.36. The maximum Gasteiger partial charge on any atom is 0.381 e. The number of carbonyl (C=O) groups is 3. The van der Waals surface area contributed by atoms with Crippen LogP contribution in [0.4, 0.5) is 8.78 Å². The molecule has 0 radical (unpaired) electrons. The molecular weight excluding hydrogens is 326 g/mol.